The van der Waals surface area contributed by atoms with Crippen molar-refractivity contribution in [3.05, 3.63) is 60.7 Å². The smallest absolute Gasteiger partial charge is 0.373 e. The summed E-state index contributed by atoms with van der Waals surface area (Å²) >= 11 is 0. The van der Waals surface area contributed by atoms with Crippen LogP contribution in [0, 0.1) is 13.2 Å². The van der Waals surface area contributed by atoms with Gasteiger partial charge in [-0.25, -0.2) is 9.59 Å². The monoisotopic (exact) mass is 462 g/mol. The van der Waals surface area contributed by atoms with E-state index in [9.17, 15) is 9.59 Å². The van der Waals surface area contributed by atoms with Crippen molar-refractivity contribution in [1.29, 1.82) is 0 Å². The molecule has 2 radical (unpaired) electrons. The van der Waals surface area contributed by atoms with E-state index in [1.54, 1.807) is 12.1 Å². The van der Waals surface area contributed by atoms with Crippen LogP contribution in [-0.2, 0) is 19.6 Å². The number of carbonyl (C=O) groups is 2. The largest absolute Gasteiger partial charge is 0.497 e. The summed E-state index contributed by atoms with van der Waals surface area (Å²) in [7, 11) is 5.80. The van der Waals surface area contributed by atoms with Crippen LogP contribution in [-0.4, -0.2) is 40.4 Å². The van der Waals surface area contributed by atoms with Crippen LogP contribution in [0.5, 0.6) is 23.0 Å². The van der Waals surface area contributed by atoms with Gasteiger partial charge in [0.1, 0.15) is 23.0 Å². The minimum Gasteiger partial charge on any atom is -0.497 e. The Labute approximate surface area is 192 Å². The molecule has 10 heteroatoms. The van der Waals surface area contributed by atoms with Crippen LogP contribution in [0.4, 0.5) is 0 Å². The fraction of sp³-hybridized carbons (Fsp3) is 0.304. The molecule has 2 aromatic carbocycles. The molecule has 0 fully saturated rings. The normalized spacial score (nSPS) is 10.5. The van der Waals surface area contributed by atoms with E-state index >= 15 is 0 Å². The quantitative estimate of drug-likeness (QED) is 0.319. The predicted octanol–water partition coefficient (Wildman–Crippen LogP) is 4.09. The Morgan fingerprint density at radius 3 is 1.30 bits per heavy atom. The number of ether oxygens (including phenoxy) is 4. The Morgan fingerprint density at radius 1 is 0.636 bits per heavy atom. The lowest BCUT2D eigenvalue weighted by molar-refractivity contribution is -0.363. The molecule has 0 aliphatic rings. The van der Waals surface area contributed by atoms with E-state index in [1.165, 1.54) is 52.7 Å². The van der Waals surface area contributed by atoms with Crippen LogP contribution >= 0.6 is 0 Å². The van der Waals surface area contributed by atoms with Crippen LogP contribution in [0.15, 0.2) is 36.4 Å². The van der Waals surface area contributed by atoms with Crippen molar-refractivity contribution >= 4 is 11.9 Å². The van der Waals surface area contributed by atoms with E-state index in [2.05, 4.69) is 6.92 Å². The lowest BCUT2D eigenvalue weighted by Gasteiger charge is -2.14. The number of rotatable bonds is 13. The van der Waals surface area contributed by atoms with Crippen molar-refractivity contribution < 1.29 is 48.1 Å². The molecule has 0 aliphatic carbocycles. The average Bonchev–Trinajstić information content (AvgIpc) is 2.86. The Bertz CT molecular complexity index is 811. The minimum absolute atomic E-state index is 0.114. The van der Waals surface area contributed by atoms with Gasteiger partial charge in [0, 0.05) is 18.6 Å². The van der Waals surface area contributed by atoms with Crippen LogP contribution < -0.4 is 18.9 Å². The molecule has 0 unspecified atom stereocenters. The van der Waals surface area contributed by atoms with Crippen molar-refractivity contribution in [1.82, 2.24) is 0 Å². The second-order valence-electron chi connectivity index (χ2n) is 6.44. The highest BCUT2D eigenvalue weighted by atomic mass is 17.3. The summed E-state index contributed by atoms with van der Waals surface area (Å²) in [5.74, 6) is -0.121. The number of hydrogen-bond donors (Lipinski definition) is 0. The molecule has 0 saturated heterocycles. The highest BCUT2D eigenvalue weighted by Gasteiger charge is 2.22. The van der Waals surface area contributed by atoms with E-state index in [4.69, 9.17) is 38.5 Å². The molecule has 0 spiro atoms. The van der Waals surface area contributed by atoms with Crippen molar-refractivity contribution in [2.75, 3.05) is 28.4 Å². The van der Waals surface area contributed by atoms with Gasteiger partial charge in [0.15, 0.2) is 0 Å². The summed E-state index contributed by atoms with van der Waals surface area (Å²) in [6, 6.07) is 8.97. The van der Waals surface area contributed by atoms with Gasteiger partial charge in [-0.3, -0.25) is 9.78 Å². The molecular weight excluding hydrogens is 436 g/mol. The Morgan fingerprint density at radius 2 is 1.00 bits per heavy atom. The van der Waals surface area contributed by atoms with Crippen molar-refractivity contribution in [2.45, 2.75) is 19.3 Å². The number of methoxy groups -OCH3 is 4. The summed E-state index contributed by atoms with van der Waals surface area (Å²) in [5, 5.41) is 0. The highest BCUT2D eigenvalue weighted by molar-refractivity contribution is 5.90. The topological polar surface area (TPSA) is 108 Å². The predicted molar refractivity (Wildman–Crippen MR) is 115 cm³/mol. The summed E-state index contributed by atoms with van der Waals surface area (Å²) in [6.45, 7) is 3.72. The number of unbranched alkanes of at least 4 members (excludes halogenated alkanes) is 1. The first-order chi connectivity index (χ1) is 15.9. The summed E-state index contributed by atoms with van der Waals surface area (Å²) in [4.78, 5) is 44.4. The van der Waals surface area contributed by atoms with Gasteiger partial charge in [-0.05, 0) is 30.7 Å². The van der Waals surface area contributed by atoms with Gasteiger partial charge in [-0.2, -0.15) is 0 Å². The maximum absolute atomic E-state index is 12.4. The van der Waals surface area contributed by atoms with E-state index in [0.29, 0.717) is 35.8 Å². The third kappa shape index (κ3) is 7.85. The molecule has 0 aromatic heterocycles. The van der Waals surface area contributed by atoms with Crippen molar-refractivity contribution in [3.63, 3.8) is 0 Å². The van der Waals surface area contributed by atoms with Gasteiger partial charge in [0.2, 0.25) is 0 Å². The highest BCUT2D eigenvalue weighted by Crippen LogP contribution is 2.25. The zero-order chi connectivity index (χ0) is 24.2. The van der Waals surface area contributed by atoms with E-state index in [0.717, 1.165) is 0 Å². The molecule has 0 atom stereocenters. The lowest BCUT2D eigenvalue weighted by atomic mass is 10.2. The van der Waals surface area contributed by atoms with E-state index < -0.39 is 11.9 Å². The maximum Gasteiger partial charge on any atom is 0.373 e. The average molecular weight is 462 g/mol. The van der Waals surface area contributed by atoms with Crippen LogP contribution in [0.2, 0.25) is 0 Å². The number of hydrogen-bond acceptors (Lipinski definition) is 10. The standard InChI is InChI=1S/C23H26O10/c1-6-7-8-21(30-32-22(24)15-9-17(26-2)13-18(10-15)27-3)31-33-23(25)16-11-19(28-4)14-20(12-16)29-5/h9-14H,1,6-8H2,2-5H3. The van der Waals surface area contributed by atoms with Gasteiger partial charge in [-0.1, -0.05) is 13.3 Å². The first-order valence-electron chi connectivity index (χ1n) is 9.83. The van der Waals surface area contributed by atoms with Crippen LogP contribution in [0.1, 0.15) is 40.0 Å². The third-order valence-corrected chi connectivity index (χ3v) is 4.23. The Kier molecular flexibility index (Phi) is 10.3. The van der Waals surface area contributed by atoms with Crippen molar-refractivity contribution in [3.8, 4) is 23.0 Å². The molecule has 2 aromatic rings. The van der Waals surface area contributed by atoms with Gasteiger partial charge in [0.05, 0.1) is 39.6 Å². The van der Waals surface area contributed by atoms with Gasteiger partial charge < -0.3 is 18.9 Å². The van der Waals surface area contributed by atoms with Gasteiger partial charge in [0.25, 0.3) is 0 Å². The van der Waals surface area contributed by atoms with Crippen LogP contribution in [0.25, 0.3) is 0 Å². The first-order valence-corrected chi connectivity index (χ1v) is 9.83. The first kappa shape index (κ1) is 25.8. The fourth-order valence-electron chi connectivity index (χ4n) is 2.48. The zero-order valence-electron chi connectivity index (χ0n) is 18.9. The molecule has 0 N–H and O–H groups in total. The van der Waals surface area contributed by atoms with E-state index in [-0.39, 0.29) is 23.8 Å². The fourth-order valence-corrected chi connectivity index (χ4v) is 2.48. The maximum atomic E-state index is 12.4. The second-order valence-corrected chi connectivity index (χ2v) is 6.44. The molecule has 0 amide bonds. The Hall–Kier alpha value is -3.50. The number of carbonyl (C=O) groups excluding carboxylic acids is 2. The molecule has 33 heavy (non-hydrogen) atoms. The zero-order valence-corrected chi connectivity index (χ0v) is 18.9. The molecular formula is C23H26O10. The lowest BCUT2D eigenvalue weighted by Crippen LogP contribution is -2.16. The van der Waals surface area contributed by atoms with E-state index in [1.807, 2.05) is 0 Å². The molecule has 0 saturated carbocycles. The molecule has 2 rings (SSSR count). The Balaban J connectivity index is 2.02. The minimum atomic E-state index is -0.841. The summed E-state index contributed by atoms with van der Waals surface area (Å²) in [6.07, 6.45) is 0.973. The molecule has 0 bridgehead atoms. The van der Waals surface area contributed by atoms with Gasteiger partial charge in [-0.15, -0.1) is 9.78 Å². The molecule has 0 aliphatic heterocycles. The van der Waals surface area contributed by atoms with Crippen LogP contribution in [0.3, 0.4) is 0 Å². The third-order valence-electron chi connectivity index (χ3n) is 4.23. The number of benzene rings is 2. The molecule has 0 heterocycles. The molecule has 178 valence electrons. The molecule has 10 nitrogen and oxygen atoms in total. The SMILES string of the molecule is [CH2]CCC[C](OOC(=O)c1cc(OC)cc(OC)c1)OOC(=O)c1cc(OC)cc(OC)c1. The van der Waals surface area contributed by atoms with Gasteiger partial charge >= 0.3 is 18.2 Å². The second kappa shape index (κ2) is 13.1. The van der Waals surface area contributed by atoms with Crippen molar-refractivity contribution in [2.24, 2.45) is 0 Å². The summed E-state index contributed by atoms with van der Waals surface area (Å²) < 4.78 is 20.5. The summed E-state index contributed by atoms with van der Waals surface area (Å²) in [5.41, 5.74) is 0.228.